The van der Waals surface area contributed by atoms with Crippen molar-refractivity contribution in [1.29, 1.82) is 0 Å². The lowest BCUT2D eigenvalue weighted by atomic mass is 9.67. The van der Waals surface area contributed by atoms with Crippen LogP contribution in [0.25, 0.3) is 0 Å². The summed E-state index contributed by atoms with van der Waals surface area (Å²) in [6.07, 6.45) is 2.57. The predicted octanol–water partition coefficient (Wildman–Crippen LogP) is 4.77. The first-order valence-corrected chi connectivity index (χ1v) is 14.5. The van der Waals surface area contributed by atoms with Crippen LogP contribution in [-0.4, -0.2) is 55.0 Å². The molecule has 1 fully saturated rings. The Bertz CT molecular complexity index is 1830. The second-order valence-corrected chi connectivity index (χ2v) is 12.2. The molecule has 10 nitrogen and oxygen atoms in total. The Hall–Kier alpha value is -5.25. The molecule has 3 aromatic carbocycles. The van der Waals surface area contributed by atoms with Gasteiger partial charge in [0.25, 0.3) is 11.8 Å². The standard InChI is InChI=1S/C34H29N5O5/c1-34(2)17-25-28(27(40)18-34)29(39-33(37-25)35-19-36-39)21-11-8-12-22(16-21)44-32(43)26(15-20-9-4-3-5-10-20)38-30(41)23-13-6-7-14-24(23)31(38)42/h3-14,16,19,26,28-29H,15,17-18H2,1-2H3/t26-,28?,29-/m1/s1. The normalized spacial score (nSPS) is 20.8. The first-order chi connectivity index (χ1) is 21.2. The number of carbonyl (C=O) groups excluding carboxylic acids is 4. The van der Waals surface area contributed by atoms with Crippen LogP contribution in [0.15, 0.2) is 90.2 Å². The summed E-state index contributed by atoms with van der Waals surface area (Å²) in [5.41, 5.74) is 2.54. The van der Waals surface area contributed by atoms with E-state index in [9.17, 15) is 19.2 Å². The van der Waals surface area contributed by atoms with E-state index >= 15 is 0 Å². The third kappa shape index (κ3) is 4.72. The van der Waals surface area contributed by atoms with Crippen molar-refractivity contribution in [3.05, 3.63) is 107 Å². The largest absolute Gasteiger partial charge is 0.425 e. The zero-order valence-corrected chi connectivity index (χ0v) is 24.2. The monoisotopic (exact) mass is 587 g/mol. The van der Waals surface area contributed by atoms with Gasteiger partial charge in [0.05, 0.1) is 23.1 Å². The van der Waals surface area contributed by atoms with Crippen LogP contribution in [0, 0.1) is 11.3 Å². The summed E-state index contributed by atoms with van der Waals surface area (Å²) in [7, 11) is 0. The third-order valence-electron chi connectivity index (χ3n) is 8.49. The Morgan fingerprint density at radius 3 is 2.36 bits per heavy atom. The molecule has 44 heavy (non-hydrogen) atoms. The van der Waals surface area contributed by atoms with E-state index in [1.54, 1.807) is 47.1 Å². The van der Waals surface area contributed by atoms with Crippen molar-refractivity contribution in [3.63, 3.8) is 0 Å². The Morgan fingerprint density at radius 1 is 0.932 bits per heavy atom. The van der Waals surface area contributed by atoms with Crippen molar-refractivity contribution in [1.82, 2.24) is 19.7 Å². The van der Waals surface area contributed by atoms with Crippen LogP contribution in [0.4, 0.5) is 5.95 Å². The summed E-state index contributed by atoms with van der Waals surface area (Å²) in [5.74, 6) is -1.63. The molecule has 1 saturated carbocycles. The van der Waals surface area contributed by atoms with E-state index in [2.05, 4.69) is 28.9 Å². The number of ether oxygens (including phenoxy) is 1. The number of hydrogen-bond donors (Lipinski definition) is 0. The zero-order chi connectivity index (χ0) is 30.6. The van der Waals surface area contributed by atoms with E-state index in [0.29, 0.717) is 24.4 Å². The topological polar surface area (TPSA) is 124 Å². The fourth-order valence-electron chi connectivity index (χ4n) is 6.58. The number of benzene rings is 3. The number of nitrogens with zero attached hydrogens (tertiary/aromatic N) is 5. The molecule has 0 radical (unpaired) electrons. The van der Waals surface area contributed by atoms with Gasteiger partial charge in [0.15, 0.2) is 0 Å². The van der Waals surface area contributed by atoms with Gasteiger partial charge in [0.1, 0.15) is 23.9 Å². The molecule has 10 heteroatoms. The van der Waals surface area contributed by atoms with Crippen LogP contribution in [0.2, 0.25) is 0 Å². The molecule has 1 aliphatic carbocycles. The molecule has 1 aromatic heterocycles. The number of Topliss-reactive ketones (excluding diaryl/α,β-unsaturated/α-hetero) is 1. The van der Waals surface area contributed by atoms with E-state index < -0.39 is 35.8 Å². The molecule has 2 amide bonds. The number of aromatic nitrogens is 3. The fourth-order valence-corrected chi connectivity index (χ4v) is 6.58. The molecule has 220 valence electrons. The van der Waals surface area contributed by atoms with Crippen molar-refractivity contribution < 1.29 is 23.9 Å². The number of rotatable bonds is 6. The lowest BCUT2D eigenvalue weighted by Crippen LogP contribution is -2.48. The zero-order valence-electron chi connectivity index (χ0n) is 24.2. The van der Waals surface area contributed by atoms with Gasteiger partial charge in [-0.1, -0.05) is 68.4 Å². The van der Waals surface area contributed by atoms with Crippen LogP contribution >= 0.6 is 0 Å². The van der Waals surface area contributed by atoms with E-state index in [-0.39, 0.29) is 34.5 Å². The lowest BCUT2D eigenvalue weighted by molar-refractivity contribution is -0.138. The van der Waals surface area contributed by atoms with E-state index in [4.69, 9.17) is 4.74 Å². The van der Waals surface area contributed by atoms with Crippen LogP contribution in [-0.2, 0) is 16.0 Å². The highest BCUT2D eigenvalue weighted by atomic mass is 16.5. The maximum atomic E-state index is 13.9. The second kappa shape index (κ2) is 10.5. The van der Waals surface area contributed by atoms with Gasteiger partial charge >= 0.3 is 5.97 Å². The molecular weight excluding hydrogens is 558 g/mol. The van der Waals surface area contributed by atoms with Crippen molar-refractivity contribution in [2.45, 2.75) is 45.2 Å². The first kappa shape index (κ1) is 27.6. The predicted molar refractivity (Wildman–Crippen MR) is 160 cm³/mol. The van der Waals surface area contributed by atoms with Crippen LogP contribution < -0.4 is 4.74 Å². The summed E-state index contributed by atoms with van der Waals surface area (Å²) in [5, 5.41) is 4.39. The molecule has 0 N–H and O–H groups in total. The Kier molecular flexibility index (Phi) is 6.57. The number of esters is 1. The molecule has 2 aliphatic heterocycles. The molecule has 3 aliphatic rings. The highest BCUT2D eigenvalue weighted by Crippen LogP contribution is 2.45. The molecular formula is C34H29N5O5. The smallest absolute Gasteiger partial charge is 0.335 e. The van der Waals surface area contributed by atoms with Crippen LogP contribution in [0.3, 0.4) is 0 Å². The van der Waals surface area contributed by atoms with Gasteiger partial charge < -0.3 is 4.74 Å². The number of ketones is 1. The van der Waals surface area contributed by atoms with Gasteiger partial charge in [0.2, 0.25) is 5.95 Å². The van der Waals surface area contributed by atoms with Gasteiger partial charge in [-0.05, 0) is 47.2 Å². The maximum absolute atomic E-state index is 13.9. The maximum Gasteiger partial charge on any atom is 0.335 e. The molecule has 3 atom stereocenters. The number of hydrogen-bond acceptors (Lipinski definition) is 8. The average molecular weight is 588 g/mol. The number of carbonyl (C=O) groups is 4. The van der Waals surface area contributed by atoms with Crippen molar-refractivity contribution in [3.8, 4) is 5.75 Å². The third-order valence-corrected chi connectivity index (χ3v) is 8.49. The van der Waals surface area contributed by atoms with Gasteiger partial charge in [0, 0.05) is 18.6 Å². The molecule has 1 unspecified atom stereocenters. The molecule has 0 spiro atoms. The first-order valence-electron chi connectivity index (χ1n) is 14.5. The Balaban J connectivity index is 1.21. The minimum atomic E-state index is -1.20. The molecule has 3 heterocycles. The highest BCUT2D eigenvalue weighted by molar-refractivity contribution is 6.22. The Morgan fingerprint density at radius 2 is 1.64 bits per heavy atom. The lowest BCUT2D eigenvalue weighted by Gasteiger charge is -2.40. The van der Waals surface area contributed by atoms with Gasteiger partial charge in [-0.25, -0.2) is 14.5 Å². The number of aliphatic imine (C=N–C) groups is 1. The van der Waals surface area contributed by atoms with Gasteiger partial charge in [-0.2, -0.15) is 10.1 Å². The van der Waals surface area contributed by atoms with Gasteiger partial charge in [-0.3, -0.25) is 19.3 Å². The summed E-state index contributed by atoms with van der Waals surface area (Å²) in [6, 6.07) is 20.9. The summed E-state index contributed by atoms with van der Waals surface area (Å²) >= 11 is 0. The fraction of sp³-hybridized carbons (Fsp3) is 0.265. The Labute approximate surface area is 253 Å². The number of imide groups is 1. The van der Waals surface area contributed by atoms with E-state index in [1.165, 1.54) is 6.33 Å². The van der Waals surface area contributed by atoms with E-state index in [0.717, 1.165) is 16.2 Å². The SMILES string of the molecule is CC1(C)CC(=O)C2C(=Nc3ncnn3[C@@H]2c2cccc(OC(=O)[C@@H](Cc3ccccc3)N3C(=O)c4ccccc4C3=O)c2)C1. The minimum Gasteiger partial charge on any atom is -0.425 e. The minimum absolute atomic E-state index is 0.0714. The van der Waals surface area contributed by atoms with Crippen molar-refractivity contribution >= 4 is 35.2 Å². The van der Waals surface area contributed by atoms with Gasteiger partial charge in [-0.15, -0.1) is 0 Å². The van der Waals surface area contributed by atoms with Crippen LogP contribution in [0.1, 0.15) is 64.6 Å². The average Bonchev–Trinajstić information content (AvgIpc) is 3.57. The number of amides is 2. The number of fused-ring (bicyclic) bond motifs is 3. The quantitative estimate of drug-likeness (QED) is 0.181. The summed E-state index contributed by atoms with van der Waals surface area (Å²) in [4.78, 5) is 64.1. The molecule has 0 bridgehead atoms. The summed E-state index contributed by atoms with van der Waals surface area (Å²) < 4.78 is 7.55. The van der Waals surface area contributed by atoms with Crippen LogP contribution in [0.5, 0.6) is 5.75 Å². The molecule has 0 saturated heterocycles. The van der Waals surface area contributed by atoms with Crippen molar-refractivity contribution in [2.24, 2.45) is 16.3 Å². The summed E-state index contributed by atoms with van der Waals surface area (Å²) in [6.45, 7) is 4.11. The molecule has 4 aromatic rings. The van der Waals surface area contributed by atoms with E-state index in [1.807, 2.05) is 36.4 Å². The molecule has 7 rings (SSSR count). The van der Waals surface area contributed by atoms with Crippen molar-refractivity contribution in [2.75, 3.05) is 0 Å². The highest BCUT2D eigenvalue weighted by Gasteiger charge is 2.47. The second-order valence-electron chi connectivity index (χ2n) is 12.2.